The maximum absolute atomic E-state index is 12.3. The summed E-state index contributed by atoms with van der Waals surface area (Å²) in [4.78, 5) is 16.1. The Morgan fingerprint density at radius 1 is 1.22 bits per heavy atom. The molecule has 1 N–H and O–H groups in total. The van der Waals surface area contributed by atoms with E-state index in [0.29, 0.717) is 6.54 Å². The van der Waals surface area contributed by atoms with Gasteiger partial charge in [0, 0.05) is 11.6 Å². The molecule has 2 heterocycles. The van der Waals surface area contributed by atoms with Crippen LogP contribution in [0.4, 0.5) is 5.69 Å². The monoisotopic (exact) mass is 309 g/mol. The predicted octanol–water partition coefficient (Wildman–Crippen LogP) is 1.55. The largest absolute Gasteiger partial charge is 0.326 e. The minimum atomic E-state index is 0.0523. The fourth-order valence-corrected chi connectivity index (χ4v) is 2.75. The molecule has 0 saturated carbocycles. The number of terminal acetylenes is 1. The van der Waals surface area contributed by atoms with Gasteiger partial charge in [-0.15, -0.1) is 6.42 Å². The summed E-state index contributed by atoms with van der Waals surface area (Å²) in [6.45, 7) is 2.43. The van der Waals surface area contributed by atoms with Gasteiger partial charge in [0.25, 0.3) is 0 Å². The van der Waals surface area contributed by atoms with Crippen molar-refractivity contribution in [3.63, 3.8) is 0 Å². The maximum atomic E-state index is 12.3. The van der Waals surface area contributed by atoms with Crippen molar-refractivity contribution in [2.75, 3.05) is 25.0 Å². The number of carbonyl (C=O) groups is 1. The first-order chi connectivity index (χ1) is 11.3. The molecule has 6 nitrogen and oxygen atoms in total. The Hall–Kier alpha value is -2.65. The smallest absolute Gasteiger partial charge is 0.227 e. The third-order valence-corrected chi connectivity index (χ3v) is 4.06. The molecule has 0 radical (unpaired) electrons. The molecule has 1 fully saturated rings. The Balaban J connectivity index is 1.55. The normalized spacial score (nSPS) is 16.0. The van der Waals surface area contributed by atoms with Crippen LogP contribution in [-0.4, -0.2) is 45.4 Å². The number of amides is 1. The van der Waals surface area contributed by atoms with Crippen molar-refractivity contribution < 1.29 is 4.79 Å². The van der Waals surface area contributed by atoms with Gasteiger partial charge in [-0.05, 0) is 50.2 Å². The summed E-state index contributed by atoms with van der Waals surface area (Å²) >= 11 is 0. The molecule has 0 unspecified atom stereocenters. The topological polar surface area (TPSA) is 63.1 Å². The second kappa shape index (κ2) is 7.07. The van der Waals surface area contributed by atoms with Gasteiger partial charge in [0.1, 0.15) is 0 Å². The van der Waals surface area contributed by atoms with Gasteiger partial charge in [-0.2, -0.15) is 15.0 Å². The van der Waals surface area contributed by atoms with E-state index in [1.165, 1.54) is 4.80 Å². The van der Waals surface area contributed by atoms with E-state index < -0.39 is 0 Å². The van der Waals surface area contributed by atoms with E-state index in [1.807, 2.05) is 24.3 Å². The molecule has 1 aromatic heterocycles. The third-order valence-electron chi connectivity index (χ3n) is 4.06. The van der Waals surface area contributed by atoms with Crippen LogP contribution in [0, 0.1) is 18.3 Å². The van der Waals surface area contributed by atoms with Crippen LogP contribution in [-0.2, 0) is 4.79 Å². The number of nitrogens with one attached hydrogen (secondary N) is 1. The molecule has 23 heavy (non-hydrogen) atoms. The van der Waals surface area contributed by atoms with E-state index in [0.717, 1.165) is 37.3 Å². The van der Waals surface area contributed by atoms with Crippen molar-refractivity contribution in [3.8, 4) is 18.0 Å². The van der Waals surface area contributed by atoms with Crippen molar-refractivity contribution in [1.82, 2.24) is 19.9 Å². The maximum Gasteiger partial charge on any atom is 0.227 e. The van der Waals surface area contributed by atoms with Gasteiger partial charge in [-0.3, -0.25) is 9.69 Å². The van der Waals surface area contributed by atoms with Crippen molar-refractivity contribution >= 4 is 11.6 Å². The van der Waals surface area contributed by atoms with E-state index in [1.54, 1.807) is 12.4 Å². The van der Waals surface area contributed by atoms with Crippen LogP contribution in [0.1, 0.15) is 12.8 Å². The summed E-state index contributed by atoms with van der Waals surface area (Å²) in [5, 5.41) is 11.1. The predicted molar refractivity (Wildman–Crippen MR) is 88.0 cm³/mol. The molecule has 1 saturated heterocycles. The van der Waals surface area contributed by atoms with Crippen molar-refractivity contribution in [2.24, 2.45) is 5.92 Å². The highest BCUT2D eigenvalue weighted by Crippen LogP contribution is 2.20. The van der Waals surface area contributed by atoms with Crippen LogP contribution in [0.3, 0.4) is 0 Å². The lowest BCUT2D eigenvalue weighted by Crippen LogP contribution is -2.38. The highest BCUT2D eigenvalue weighted by atomic mass is 16.1. The number of likely N-dealkylation sites (tertiary alicyclic amines) is 1. The summed E-state index contributed by atoms with van der Waals surface area (Å²) in [5.74, 6) is 2.78. The van der Waals surface area contributed by atoms with E-state index in [2.05, 4.69) is 26.3 Å². The Labute approximate surface area is 135 Å². The third kappa shape index (κ3) is 3.76. The van der Waals surface area contributed by atoms with E-state index in [9.17, 15) is 4.79 Å². The van der Waals surface area contributed by atoms with Crippen LogP contribution < -0.4 is 5.32 Å². The van der Waals surface area contributed by atoms with E-state index in [-0.39, 0.29) is 11.8 Å². The van der Waals surface area contributed by atoms with Gasteiger partial charge < -0.3 is 5.32 Å². The average molecular weight is 309 g/mol. The SMILES string of the molecule is C#CCN1CCC(C(=O)Nc2ccc(-n3nccn3)cc2)CC1. The minimum Gasteiger partial charge on any atom is -0.326 e. The summed E-state index contributed by atoms with van der Waals surface area (Å²) in [6, 6.07) is 7.49. The number of piperidine rings is 1. The first kappa shape index (κ1) is 15.3. The summed E-state index contributed by atoms with van der Waals surface area (Å²) in [5.41, 5.74) is 1.65. The zero-order chi connectivity index (χ0) is 16.1. The molecule has 0 aliphatic carbocycles. The molecule has 6 heteroatoms. The highest BCUT2D eigenvalue weighted by molar-refractivity contribution is 5.92. The Kier molecular flexibility index (Phi) is 4.69. The summed E-state index contributed by atoms with van der Waals surface area (Å²) in [7, 11) is 0. The summed E-state index contributed by atoms with van der Waals surface area (Å²) in [6.07, 6.45) is 10.3. The molecule has 0 bridgehead atoms. The molecule has 3 rings (SSSR count). The number of hydrogen-bond acceptors (Lipinski definition) is 4. The fourth-order valence-electron chi connectivity index (χ4n) is 2.75. The Morgan fingerprint density at radius 3 is 2.48 bits per heavy atom. The van der Waals surface area contributed by atoms with Crippen LogP contribution in [0.15, 0.2) is 36.7 Å². The number of aromatic nitrogens is 3. The molecule has 1 aliphatic heterocycles. The zero-order valence-corrected chi connectivity index (χ0v) is 12.9. The number of anilines is 1. The zero-order valence-electron chi connectivity index (χ0n) is 12.9. The second-order valence-corrected chi connectivity index (χ2v) is 5.61. The van der Waals surface area contributed by atoms with Crippen molar-refractivity contribution in [1.29, 1.82) is 0 Å². The standard InChI is InChI=1S/C17H19N5O/c1-2-11-21-12-7-14(8-13-21)17(23)20-15-3-5-16(6-4-15)22-18-9-10-19-22/h1,3-6,9-10,14H,7-8,11-13H2,(H,20,23). The lowest BCUT2D eigenvalue weighted by Gasteiger charge is -2.29. The number of rotatable bonds is 4. The Bertz CT molecular complexity index is 679. The van der Waals surface area contributed by atoms with Crippen LogP contribution in [0.25, 0.3) is 5.69 Å². The molecule has 118 valence electrons. The lowest BCUT2D eigenvalue weighted by molar-refractivity contribution is -0.121. The second-order valence-electron chi connectivity index (χ2n) is 5.61. The van der Waals surface area contributed by atoms with Crippen LogP contribution in [0.5, 0.6) is 0 Å². The highest BCUT2D eigenvalue weighted by Gasteiger charge is 2.24. The molecule has 2 aromatic rings. The number of benzene rings is 1. The number of carbonyl (C=O) groups excluding carboxylic acids is 1. The molecular weight excluding hydrogens is 290 g/mol. The lowest BCUT2D eigenvalue weighted by atomic mass is 9.96. The molecule has 1 amide bonds. The van der Waals surface area contributed by atoms with E-state index in [4.69, 9.17) is 6.42 Å². The summed E-state index contributed by atoms with van der Waals surface area (Å²) < 4.78 is 0. The van der Waals surface area contributed by atoms with Gasteiger partial charge in [0.05, 0.1) is 24.6 Å². The molecular formula is C17H19N5O. The molecule has 1 aliphatic rings. The fraction of sp³-hybridized carbons (Fsp3) is 0.353. The van der Waals surface area contributed by atoms with Crippen LogP contribution in [0.2, 0.25) is 0 Å². The van der Waals surface area contributed by atoms with Crippen LogP contribution >= 0.6 is 0 Å². The van der Waals surface area contributed by atoms with Gasteiger partial charge in [0.2, 0.25) is 5.91 Å². The average Bonchev–Trinajstić information content (AvgIpc) is 3.11. The molecule has 0 atom stereocenters. The van der Waals surface area contributed by atoms with Gasteiger partial charge in [-0.25, -0.2) is 0 Å². The molecule has 0 spiro atoms. The molecule has 1 aromatic carbocycles. The Morgan fingerprint density at radius 2 is 1.87 bits per heavy atom. The van der Waals surface area contributed by atoms with Gasteiger partial charge in [0.15, 0.2) is 0 Å². The number of hydrogen-bond donors (Lipinski definition) is 1. The first-order valence-corrected chi connectivity index (χ1v) is 7.69. The van der Waals surface area contributed by atoms with Crippen molar-refractivity contribution in [3.05, 3.63) is 36.7 Å². The van der Waals surface area contributed by atoms with Gasteiger partial charge >= 0.3 is 0 Å². The van der Waals surface area contributed by atoms with Crippen molar-refractivity contribution in [2.45, 2.75) is 12.8 Å². The quantitative estimate of drug-likeness (QED) is 0.871. The first-order valence-electron chi connectivity index (χ1n) is 7.69. The minimum absolute atomic E-state index is 0.0523. The van der Waals surface area contributed by atoms with E-state index >= 15 is 0 Å². The number of nitrogens with zero attached hydrogens (tertiary/aromatic N) is 4. The van der Waals surface area contributed by atoms with Gasteiger partial charge in [-0.1, -0.05) is 5.92 Å².